The molecule has 4 nitrogen and oxygen atoms in total. The van der Waals surface area contributed by atoms with Gasteiger partial charge in [-0.05, 0) is 17.7 Å². The molecular weight excluding hydrogens is 230 g/mol. The fourth-order valence-corrected chi connectivity index (χ4v) is 1.000. The molecule has 78 valence electrons. The van der Waals surface area contributed by atoms with E-state index in [1.165, 1.54) is 6.07 Å². The zero-order valence-electron chi connectivity index (χ0n) is 7.04. The van der Waals surface area contributed by atoms with Gasteiger partial charge in [-0.25, -0.2) is 13.8 Å². The molecule has 0 unspecified atom stereocenters. The quantitative estimate of drug-likeness (QED) is 0.791. The van der Waals surface area contributed by atoms with Crippen LogP contribution in [0.4, 0.5) is 8.78 Å². The van der Waals surface area contributed by atoms with Crippen molar-refractivity contribution in [3.05, 3.63) is 23.0 Å². The van der Waals surface area contributed by atoms with Gasteiger partial charge >= 0.3 is 0 Å². The molecule has 1 aromatic rings. The van der Waals surface area contributed by atoms with Crippen LogP contribution in [-0.2, 0) is 0 Å². The zero-order valence-corrected chi connectivity index (χ0v) is 7.79. The zero-order chi connectivity index (χ0) is 11.6. The summed E-state index contributed by atoms with van der Waals surface area (Å²) in [5.41, 5.74) is -2.00. The molecule has 0 aliphatic heterocycles. The molecule has 1 rings (SSSR count). The number of hydrogen-bond donors (Lipinski definition) is 1. The topological polar surface area (TPSA) is 74.0 Å². The second kappa shape index (κ2) is 4.19. The molecule has 1 aromatic heterocycles. The maximum atomic E-state index is 12.3. The first kappa shape index (κ1) is 11.3. The second-order valence-corrected chi connectivity index (χ2v) is 2.82. The van der Waals surface area contributed by atoms with Crippen molar-refractivity contribution in [3.63, 3.8) is 0 Å². The largest absolute Gasteiger partial charge is 0.505 e. The molecule has 1 N–H and O–H groups in total. The van der Waals surface area contributed by atoms with Gasteiger partial charge in [-0.1, -0.05) is 0 Å². The highest BCUT2D eigenvalue weighted by Gasteiger charge is 2.20. The number of nitrogens with zero attached hydrogens (tertiary/aromatic N) is 2. The van der Waals surface area contributed by atoms with Crippen molar-refractivity contribution in [1.29, 1.82) is 5.26 Å². The Labute approximate surface area is 87.7 Å². The van der Waals surface area contributed by atoms with Crippen LogP contribution < -0.4 is 0 Å². The smallest absolute Gasteiger partial charge is 0.270 e. The molecule has 15 heavy (non-hydrogen) atoms. The lowest BCUT2D eigenvalue weighted by molar-refractivity contribution is 0.107. The van der Waals surface area contributed by atoms with Crippen molar-refractivity contribution < 1.29 is 18.7 Å². The molecule has 0 atom stereocenters. The SMILES string of the molecule is N#Cc1nc(C(=O)Cl)cc(C(F)F)c1O. The Morgan fingerprint density at radius 3 is 2.67 bits per heavy atom. The van der Waals surface area contributed by atoms with Gasteiger partial charge in [-0.3, -0.25) is 4.79 Å². The third kappa shape index (κ3) is 2.19. The van der Waals surface area contributed by atoms with Crippen LogP contribution in [0.2, 0.25) is 0 Å². The van der Waals surface area contributed by atoms with Gasteiger partial charge in [0.25, 0.3) is 11.7 Å². The number of carbonyl (C=O) groups excluding carboxylic acids is 1. The average molecular weight is 233 g/mol. The third-order valence-corrected chi connectivity index (χ3v) is 1.76. The summed E-state index contributed by atoms with van der Waals surface area (Å²) in [6.07, 6.45) is -3.02. The van der Waals surface area contributed by atoms with E-state index < -0.39 is 34.4 Å². The van der Waals surface area contributed by atoms with Crippen LogP contribution in [0.15, 0.2) is 6.07 Å². The fraction of sp³-hybridized carbons (Fsp3) is 0.125. The van der Waals surface area contributed by atoms with E-state index in [0.717, 1.165) is 0 Å². The summed E-state index contributed by atoms with van der Waals surface area (Å²) in [6.45, 7) is 0. The van der Waals surface area contributed by atoms with E-state index in [0.29, 0.717) is 6.07 Å². The Morgan fingerprint density at radius 1 is 1.67 bits per heavy atom. The predicted octanol–water partition coefficient (Wildman–Crippen LogP) is 1.98. The average Bonchev–Trinajstić information content (AvgIpc) is 2.17. The second-order valence-electron chi connectivity index (χ2n) is 2.48. The molecule has 0 spiro atoms. The summed E-state index contributed by atoms with van der Waals surface area (Å²) >= 11 is 5.02. The Balaban J connectivity index is 3.47. The first-order valence-electron chi connectivity index (χ1n) is 3.59. The van der Waals surface area contributed by atoms with Crippen molar-refractivity contribution in [2.45, 2.75) is 6.43 Å². The van der Waals surface area contributed by atoms with Crippen LogP contribution in [-0.4, -0.2) is 15.3 Å². The van der Waals surface area contributed by atoms with Crippen LogP contribution >= 0.6 is 11.6 Å². The molecule has 0 fully saturated rings. The number of alkyl halides is 2. The van der Waals surface area contributed by atoms with Crippen molar-refractivity contribution >= 4 is 16.8 Å². The summed E-state index contributed by atoms with van der Waals surface area (Å²) in [5.74, 6) is -0.936. The predicted molar refractivity (Wildman–Crippen MR) is 45.8 cm³/mol. The van der Waals surface area contributed by atoms with Gasteiger partial charge in [0, 0.05) is 0 Å². The molecule has 0 bridgehead atoms. The van der Waals surface area contributed by atoms with E-state index in [1.807, 2.05) is 0 Å². The summed E-state index contributed by atoms with van der Waals surface area (Å²) < 4.78 is 24.7. The van der Waals surface area contributed by atoms with Crippen molar-refractivity contribution in [3.8, 4) is 11.8 Å². The number of pyridine rings is 1. The lowest BCUT2D eigenvalue weighted by Crippen LogP contribution is -2.00. The van der Waals surface area contributed by atoms with Gasteiger partial charge in [0.1, 0.15) is 11.8 Å². The summed E-state index contributed by atoms with van der Waals surface area (Å²) in [4.78, 5) is 14.0. The van der Waals surface area contributed by atoms with E-state index in [9.17, 15) is 13.6 Å². The van der Waals surface area contributed by atoms with Gasteiger partial charge < -0.3 is 5.11 Å². The summed E-state index contributed by atoms with van der Waals surface area (Å²) in [6, 6.07) is 2.03. The van der Waals surface area contributed by atoms with Gasteiger partial charge in [0.15, 0.2) is 11.4 Å². The summed E-state index contributed by atoms with van der Waals surface area (Å²) in [7, 11) is 0. The number of aromatic nitrogens is 1. The molecule has 0 aromatic carbocycles. The van der Waals surface area contributed by atoms with Crippen LogP contribution in [0.3, 0.4) is 0 Å². The Kier molecular flexibility index (Phi) is 3.17. The minimum Gasteiger partial charge on any atom is -0.505 e. The molecule has 0 aliphatic rings. The molecule has 0 saturated carbocycles. The number of hydrogen-bond acceptors (Lipinski definition) is 4. The third-order valence-electron chi connectivity index (χ3n) is 1.56. The maximum absolute atomic E-state index is 12.3. The van der Waals surface area contributed by atoms with Crippen molar-refractivity contribution in [2.75, 3.05) is 0 Å². The van der Waals surface area contributed by atoms with Crippen LogP contribution in [0, 0.1) is 11.3 Å². The molecular formula is C8H3ClF2N2O2. The standard InChI is InChI=1S/C8H3ClF2N2O2/c9-7(15)4-1-3(8(10)11)6(14)5(2-12)13-4/h1,8,14H. The number of rotatable bonds is 2. The van der Waals surface area contributed by atoms with Crippen molar-refractivity contribution in [1.82, 2.24) is 4.98 Å². The number of halogens is 3. The Morgan fingerprint density at radius 2 is 2.27 bits per heavy atom. The number of nitriles is 1. The molecule has 7 heteroatoms. The highest BCUT2D eigenvalue weighted by Crippen LogP contribution is 2.30. The van der Waals surface area contributed by atoms with E-state index in [4.69, 9.17) is 22.0 Å². The van der Waals surface area contributed by atoms with E-state index in [-0.39, 0.29) is 0 Å². The monoisotopic (exact) mass is 232 g/mol. The fourth-order valence-electron chi connectivity index (χ4n) is 0.903. The molecule has 0 radical (unpaired) electrons. The Hall–Kier alpha value is -1.74. The van der Waals surface area contributed by atoms with Gasteiger partial charge in [-0.2, -0.15) is 5.26 Å². The first-order chi connectivity index (χ1) is 6.97. The lowest BCUT2D eigenvalue weighted by Gasteiger charge is -2.05. The van der Waals surface area contributed by atoms with Crippen LogP contribution in [0.1, 0.15) is 28.2 Å². The highest BCUT2D eigenvalue weighted by molar-refractivity contribution is 6.67. The normalized spacial score (nSPS) is 10.1. The van der Waals surface area contributed by atoms with Gasteiger partial charge in [0.2, 0.25) is 0 Å². The van der Waals surface area contributed by atoms with E-state index in [2.05, 4.69) is 4.98 Å². The summed E-state index contributed by atoms with van der Waals surface area (Å²) in [5, 5.41) is 16.5. The number of aromatic hydroxyl groups is 1. The minimum absolute atomic E-state index is 0.499. The molecule has 0 saturated heterocycles. The lowest BCUT2D eigenvalue weighted by atomic mass is 10.2. The highest BCUT2D eigenvalue weighted by atomic mass is 35.5. The molecule has 0 amide bonds. The van der Waals surface area contributed by atoms with Gasteiger partial charge in [0.05, 0.1) is 5.56 Å². The van der Waals surface area contributed by atoms with Gasteiger partial charge in [-0.15, -0.1) is 0 Å². The molecule has 0 aliphatic carbocycles. The van der Waals surface area contributed by atoms with E-state index in [1.54, 1.807) is 0 Å². The Bertz CT molecular complexity index is 457. The van der Waals surface area contributed by atoms with Crippen molar-refractivity contribution in [2.24, 2.45) is 0 Å². The first-order valence-corrected chi connectivity index (χ1v) is 3.97. The van der Waals surface area contributed by atoms with E-state index >= 15 is 0 Å². The maximum Gasteiger partial charge on any atom is 0.270 e. The number of carbonyl (C=O) groups is 1. The van der Waals surface area contributed by atoms with Crippen LogP contribution in [0.25, 0.3) is 0 Å². The van der Waals surface area contributed by atoms with Crippen LogP contribution in [0.5, 0.6) is 5.75 Å². The minimum atomic E-state index is -3.02. The molecule has 1 heterocycles.